The van der Waals surface area contributed by atoms with E-state index in [2.05, 4.69) is 63.5 Å². The summed E-state index contributed by atoms with van der Waals surface area (Å²) in [7, 11) is 1.47. The van der Waals surface area contributed by atoms with Gasteiger partial charge in [-0.15, -0.1) is 0 Å². The van der Waals surface area contributed by atoms with Crippen LogP contribution in [-0.2, 0) is 83.1 Å². The molecular formula is C69H99N19O19S2. The van der Waals surface area contributed by atoms with Crippen LogP contribution in [0.5, 0.6) is 0 Å². The number of guanidine groups is 1. The summed E-state index contributed by atoms with van der Waals surface area (Å²) in [4.78, 5) is 237. The molecule has 5 aliphatic rings. The number of nitrogens with one attached hydrogen (secondary N) is 11. The van der Waals surface area contributed by atoms with Gasteiger partial charge in [0.15, 0.2) is 5.96 Å². The first kappa shape index (κ1) is 86.1. The molecule has 7 rings (SSSR count). The number of carbonyl (C=O) groups excluding carboxylic acids is 16. The van der Waals surface area contributed by atoms with Gasteiger partial charge >= 0.3 is 0 Å². The number of benzene rings is 2. The number of aliphatic hydroxyl groups excluding tert-OH is 3. The topological polar surface area (TPSA) is 592 Å². The van der Waals surface area contributed by atoms with Gasteiger partial charge in [0, 0.05) is 44.1 Å². The number of hydrogen-bond acceptors (Lipinski definition) is 22. The van der Waals surface area contributed by atoms with E-state index in [4.69, 9.17) is 22.9 Å². The Balaban J connectivity index is 1.33. The first-order chi connectivity index (χ1) is 51.8. The number of nitrogens with two attached hydrogens (primary N) is 4. The lowest BCUT2D eigenvalue weighted by atomic mass is 9.97. The van der Waals surface area contributed by atoms with Gasteiger partial charge in [0.1, 0.15) is 78.5 Å². The second-order valence-electron chi connectivity index (χ2n) is 27.4. The molecule has 16 amide bonds. The monoisotopic (exact) mass is 1560 g/mol. The molecule has 0 spiro atoms. The highest BCUT2D eigenvalue weighted by atomic mass is 33.1. The van der Waals surface area contributed by atoms with Crippen LogP contribution in [0.2, 0.25) is 0 Å². The van der Waals surface area contributed by atoms with E-state index in [9.17, 15) is 77.6 Å². The van der Waals surface area contributed by atoms with Crippen molar-refractivity contribution in [2.75, 3.05) is 50.8 Å². The molecule has 16 atom stereocenters. The van der Waals surface area contributed by atoms with E-state index in [1.54, 1.807) is 38.1 Å². The van der Waals surface area contributed by atoms with Gasteiger partial charge in [0.25, 0.3) is 0 Å². The quantitative estimate of drug-likeness (QED) is 0.0321. The van der Waals surface area contributed by atoms with Crippen molar-refractivity contribution in [1.82, 2.24) is 73.2 Å². The molecule has 596 valence electrons. The van der Waals surface area contributed by atoms with Gasteiger partial charge in [-0.25, -0.2) is 0 Å². The Bertz CT molecular complexity index is 3710. The molecule has 0 radical (unpaired) electrons. The average molecular weight is 1560 g/mol. The van der Waals surface area contributed by atoms with Crippen LogP contribution in [-0.4, -0.2) is 272 Å². The third-order valence-corrected chi connectivity index (χ3v) is 21.7. The standard InChI is InChI=1S/C69H99N19O19S2/c1-5-34(2)53-63(102)81-45-32-108-109-33-46(82-64(103)54(35(3)90)83-52(94)30-75-56(95)41(28-50(70)92)77-61(100)47-16-10-24-86(47)67(106)43(29-51(71)93)79-59(45)98)60(99)85-55(36(4)91)65(104)76-40(15-9-23-74-69(72)73)57(96)80-44(31-89)58(97)78-42(27-37-19-21-39(22-20-37)38-13-7-6-8-14-38)66(105)88-26-12-18-49(88)68(107)87-25-11-17-48(87)62(101)84-53/h6-8,13-14,19-22,34-36,40-49,53-55,89-91H,5,9-12,15-18,23-33H2,1-4H3,(H2,70,92)(H2,71,93)(H,75,95)(H,76,104)(H,77,100)(H,78,97)(H,79,98)(H,80,96)(H,81,102)(H,82,103)(H,83,94)(H,84,101)(H,85,99)(H4,72,73,74)/t34-,35+,36+,40-,41-,42-,43-,44-,45-,46-,47-,48-,49-,53-,54-,55-/m0/s1. The highest BCUT2D eigenvalue weighted by Crippen LogP contribution is 2.29. The summed E-state index contributed by atoms with van der Waals surface area (Å²) in [5, 5.41) is 60.1. The van der Waals surface area contributed by atoms with Crippen molar-refractivity contribution in [1.29, 1.82) is 0 Å². The van der Waals surface area contributed by atoms with Crippen molar-refractivity contribution < 1.29 is 92.0 Å². The van der Waals surface area contributed by atoms with Crippen LogP contribution in [0.4, 0.5) is 0 Å². The predicted molar refractivity (Wildman–Crippen MR) is 394 cm³/mol. The van der Waals surface area contributed by atoms with Crippen molar-refractivity contribution in [3.63, 3.8) is 0 Å². The molecule has 0 aromatic heterocycles. The molecule has 2 aromatic rings. The molecule has 2 aromatic carbocycles. The number of hydrogen-bond donors (Lipinski definition) is 18. The molecular weight excluding hydrogens is 1460 g/mol. The van der Waals surface area contributed by atoms with E-state index < -0.39 is 229 Å². The van der Waals surface area contributed by atoms with Crippen molar-refractivity contribution in [3.8, 4) is 11.1 Å². The van der Waals surface area contributed by atoms with Gasteiger partial charge in [-0.05, 0) is 87.8 Å². The zero-order valence-electron chi connectivity index (χ0n) is 60.9. The minimum Gasteiger partial charge on any atom is -0.394 e. The molecule has 5 aliphatic heterocycles. The first-order valence-electron chi connectivity index (χ1n) is 36.0. The van der Waals surface area contributed by atoms with Crippen molar-refractivity contribution in [3.05, 3.63) is 60.2 Å². The Hall–Kier alpha value is -10.2. The summed E-state index contributed by atoms with van der Waals surface area (Å²) in [6, 6.07) is -5.36. The molecule has 2 bridgehead atoms. The van der Waals surface area contributed by atoms with E-state index in [-0.39, 0.29) is 83.5 Å². The molecule has 38 nitrogen and oxygen atoms in total. The molecule has 109 heavy (non-hydrogen) atoms. The Labute approximate surface area is 635 Å². The van der Waals surface area contributed by atoms with E-state index in [1.807, 2.05) is 30.3 Å². The van der Waals surface area contributed by atoms with Crippen LogP contribution in [0.15, 0.2) is 59.6 Å². The van der Waals surface area contributed by atoms with Crippen molar-refractivity contribution >= 4 is 122 Å². The fourth-order valence-electron chi connectivity index (χ4n) is 13.2. The SMILES string of the molecule is CC[C@H](C)[C@@H]1NC(=O)[C@@H]2CCCN2C(=O)[C@@H]2CCCN2C(=O)[C@H](Cc2ccc(-c3ccccc3)cc2)NC(=O)[C@H](CO)NC(=O)[C@H](CCCN=C(N)N)NC(=O)[C@H]([C@@H](C)O)NC(=O)[C@@H]2CSSC[C@H](NC1=O)C(=O)N[C@@H](CC(N)=O)C(=O)N1CCC[C@H]1C(=O)N[C@@H](CC(N)=O)C(=O)NCC(=O)N[C@@H]([C@@H](C)O)C(=O)N2. The van der Waals surface area contributed by atoms with Crippen LogP contribution in [0.1, 0.15) is 104 Å². The molecule has 0 saturated carbocycles. The number of amides is 16. The molecule has 5 saturated heterocycles. The fraction of sp³-hybridized carbons (Fsp3) is 0.580. The highest BCUT2D eigenvalue weighted by Gasteiger charge is 2.47. The third-order valence-electron chi connectivity index (χ3n) is 19.2. The summed E-state index contributed by atoms with van der Waals surface area (Å²) in [5.74, 6) is -19.2. The van der Waals surface area contributed by atoms with Gasteiger partial charge < -0.3 is 111 Å². The van der Waals surface area contributed by atoms with Gasteiger partial charge in [-0.2, -0.15) is 0 Å². The maximum atomic E-state index is 15.3. The van der Waals surface area contributed by atoms with E-state index >= 15 is 14.4 Å². The highest BCUT2D eigenvalue weighted by molar-refractivity contribution is 8.76. The van der Waals surface area contributed by atoms with E-state index in [0.717, 1.165) is 51.5 Å². The molecule has 5 heterocycles. The number of aliphatic hydroxyl groups is 3. The zero-order valence-corrected chi connectivity index (χ0v) is 62.5. The van der Waals surface area contributed by atoms with Crippen LogP contribution < -0.4 is 81.4 Å². The summed E-state index contributed by atoms with van der Waals surface area (Å²) < 4.78 is 0. The largest absolute Gasteiger partial charge is 0.394 e. The molecule has 0 aliphatic carbocycles. The van der Waals surface area contributed by atoms with Gasteiger partial charge in [0.2, 0.25) is 94.5 Å². The lowest BCUT2D eigenvalue weighted by Crippen LogP contribution is -2.63. The molecule has 0 unspecified atom stereocenters. The van der Waals surface area contributed by atoms with Gasteiger partial charge in [-0.1, -0.05) is 96.5 Å². The first-order valence-corrected chi connectivity index (χ1v) is 38.5. The third kappa shape index (κ3) is 24.2. The minimum atomic E-state index is -2.04. The second-order valence-corrected chi connectivity index (χ2v) is 30.0. The van der Waals surface area contributed by atoms with E-state index in [0.29, 0.717) is 18.4 Å². The lowest BCUT2D eigenvalue weighted by Gasteiger charge is -2.34. The number of primary amides is 2. The van der Waals surface area contributed by atoms with E-state index in [1.165, 1.54) is 9.80 Å². The Morgan fingerprint density at radius 1 is 0.495 bits per heavy atom. The van der Waals surface area contributed by atoms with Crippen LogP contribution >= 0.6 is 21.6 Å². The maximum Gasteiger partial charge on any atom is 0.246 e. The molecule has 5 fully saturated rings. The Morgan fingerprint density at radius 3 is 1.50 bits per heavy atom. The summed E-state index contributed by atoms with van der Waals surface area (Å²) >= 11 is 0. The number of nitrogens with zero attached hydrogens (tertiary/aromatic N) is 4. The van der Waals surface area contributed by atoms with Crippen LogP contribution in [0.3, 0.4) is 0 Å². The van der Waals surface area contributed by atoms with Gasteiger partial charge in [0.05, 0.1) is 38.2 Å². The number of aliphatic imine (C=N–C) groups is 1. The minimum absolute atomic E-state index is 0.00342. The number of rotatable bonds is 16. The smallest absolute Gasteiger partial charge is 0.246 e. The molecule has 40 heteroatoms. The number of fused-ring (bicyclic) bond motifs is 8. The normalized spacial score (nSPS) is 27.8. The van der Waals surface area contributed by atoms with Crippen molar-refractivity contribution in [2.45, 2.75) is 195 Å². The Morgan fingerprint density at radius 2 is 0.945 bits per heavy atom. The second kappa shape index (κ2) is 40.8. The lowest BCUT2D eigenvalue weighted by molar-refractivity contribution is -0.148. The fourth-order valence-corrected chi connectivity index (χ4v) is 15.5. The zero-order chi connectivity index (χ0) is 79.9. The predicted octanol–water partition coefficient (Wildman–Crippen LogP) is -7.15. The van der Waals surface area contributed by atoms with Crippen LogP contribution in [0.25, 0.3) is 11.1 Å². The van der Waals surface area contributed by atoms with Crippen molar-refractivity contribution in [2.24, 2.45) is 33.8 Å². The molecule has 22 N–H and O–H groups in total. The van der Waals surface area contributed by atoms with Gasteiger partial charge in [-0.3, -0.25) is 81.7 Å². The summed E-state index contributed by atoms with van der Waals surface area (Å²) in [6.45, 7) is 3.11. The summed E-state index contributed by atoms with van der Waals surface area (Å²) in [5.41, 5.74) is 24.5. The average Bonchev–Trinajstić information content (AvgIpc) is 1.66. The number of carbonyl (C=O) groups is 16. The maximum absolute atomic E-state index is 15.3. The van der Waals surface area contributed by atoms with Crippen LogP contribution in [0, 0.1) is 5.92 Å². The Kier molecular flexibility index (Phi) is 32.2. The summed E-state index contributed by atoms with van der Waals surface area (Å²) in [6.07, 6.45) is -4.89.